The second kappa shape index (κ2) is 7.30. The Kier molecular flexibility index (Phi) is 6.37. The molecule has 1 aromatic carbocycles. The highest BCUT2D eigenvalue weighted by Gasteiger charge is 2.18. The molecule has 0 aliphatic heterocycles. The quantitative estimate of drug-likeness (QED) is 0.765. The standard InChI is InChI=1S/C16H26BrN/c1-6-8-11(3)16(18-7-2)14-9-12(4)15(17)13(5)10-14/h9-11,16,18H,6-8H2,1-5H3. The van der Waals surface area contributed by atoms with E-state index < -0.39 is 0 Å². The fourth-order valence-electron chi connectivity index (χ4n) is 2.65. The van der Waals surface area contributed by atoms with Crippen molar-refractivity contribution >= 4 is 15.9 Å². The number of halogens is 1. The van der Waals surface area contributed by atoms with E-state index >= 15 is 0 Å². The molecule has 0 aromatic heterocycles. The normalized spacial score (nSPS) is 14.6. The summed E-state index contributed by atoms with van der Waals surface area (Å²) >= 11 is 3.65. The highest BCUT2D eigenvalue weighted by molar-refractivity contribution is 9.10. The van der Waals surface area contributed by atoms with Gasteiger partial charge in [0.15, 0.2) is 0 Å². The summed E-state index contributed by atoms with van der Waals surface area (Å²) in [6, 6.07) is 5.10. The molecule has 1 rings (SSSR count). The molecular formula is C16H26BrN. The summed E-state index contributed by atoms with van der Waals surface area (Å²) in [6.45, 7) is 12.2. The van der Waals surface area contributed by atoms with E-state index in [4.69, 9.17) is 0 Å². The Morgan fingerprint density at radius 3 is 2.17 bits per heavy atom. The molecule has 0 aliphatic carbocycles. The molecule has 0 amide bonds. The van der Waals surface area contributed by atoms with Crippen LogP contribution in [0, 0.1) is 19.8 Å². The smallest absolute Gasteiger partial charge is 0.0346 e. The highest BCUT2D eigenvalue weighted by Crippen LogP contribution is 2.30. The average Bonchev–Trinajstić information content (AvgIpc) is 2.32. The van der Waals surface area contributed by atoms with Crippen molar-refractivity contribution in [2.45, 2.75) is 53.5 Å². The maximum atomic E-state index is 3.65. The summed E-state index contributed by atoms with van der Waals surface area (Å²) in [4.78, 5) is 0. The lowest BCUT2D eigenvalue weighted by molar-refractivity contribution is 0.369. The van der Waals surface area contributed by atoms with E-state index in [2.05, 4.69) is 68.0 Å². The number of hydrogen-bond donors (Lipinski definition) is 1. The predicted octanol–water partition coefficient (Wildman–Crippen LogP) is 5.15. The van der Waals surface area contributed by atoms with Crippen LogP contribution in [0.1, 0.15) is 56.3 Å². The Morgan fingerprint density at radius 1 is 1.17 bits per heavy atom. The monoisotopic (exact) mass is 311 g/mol. The lowest BCUT2D eigenvalue weighted by atomic mass is 9.89. The van der Waals surface area contributed by atoms with Gasteiger partial charge < -0.3 is 5.32 Å². The van der Waals surface area contributed by atoms with E-state index in [1.807, 2.05) is 0 Å². The van der Waals surface area contributed by atoms with Crippen LogP contribution in [-0.4, -0.2) is 6.54 Å². The summed E-state index contributed by atoms with van der Waals surface area (Å²) in [5.74, 6) is 0.676. The second-order valence-corrected chi connectivity index (χ2v) is 6.06. The van der Waals surface area contributed by atoms with Gasteiger partial charge >= 0.3 is 0 Å². The van der Waals surface area contributed by atoms with Crippen molar-refractivity contribution in [1.82, 2.24) is 5.32 Å². The third-order valence-electron chi connectivity index (χ3n) is 3.55. The van der Waals surface area contributed by atoms with Crippen molar-refractivity contribution in [1.29, 1.82) is 0 Å². The number of aryl methyl sites for hydroxylation is 2. The highest BCUT2D eigenvalue weighted by atomic mass is 79.9. The Morgan fingerprint density at radius 2 is 1.72 bits per heavy atom. The number of benzene rings is 1. The van der Waals surface area contributed by atoms with Crippen LogP contribution in [0.3, 0.4) is 0 Å². The van der Waals surface area contributed by atoms with Gasteiger partial charge in [0.25, 0.3) is 0 Å². The van der Waals surface area contributed by atoms with Crippen LogP contribution in [0.15, 0.2) is 16.6 Å². The van der Waals surface area contributed by atoms with Gasteiger partial charge in [-0.3, -0.25) is 0 Å². The first kappa shape index (κ1) is 15.7. The van der Waals surface area contributed by atoms with Gasteiger partial charge in [-0.15, -0.1) is 0 Å². The summed E-state index contributed by atoms with van der Waals surface area (Å²) in [5, 5.41) is 3.64. The van der Waals surface area contributed by atoms with Crippen LogP contribution < -0.4 is 5.32 Å². The summed E-state index contributed by atoms with van der Waals surface area (Å²) < 4.78 is 1.24. The van der Waals surface area contributed by atoms with E-state index in [-0.39, 0.29) is 0 Å². The first-order valence-electron chi connectivity index (χ1n) is 7.01. The van der Waals surface area contributed by atoms with E-state index in [0.717, 1.165) is 6.54 Å². The number of rotatable bonds is 6. The molecule has 2 heteroatoms. The SMILES string of the molecule is CCCC(C)C(NCC)c1cc(C)c(Br)c(C)c1. The van der Waals surface area contributed by atoms with Crippen LogP contribution in [-0.2, 0) is 0 Å². The zero-order valence-electron chi connectivity index (χ0n) is 12.3. The Balaban J connectivity index is 3.05. The van der Waals surface area contributed by atoms with Crippen LogP contribution >= 0.6 is 15.9 Å². The minimum atomic E-state index is 0.473. The molecule has 18 heavy (non-hydrogen) atoms. The molecule has 0 spiro atoms. The molecular weight excluding hydrogens is 286 g/mol. The maximum Gasteiger partial charge on any atom is 0.0346 e. The molecule has 0 bridgehead atoms. The van der Waals surface area contributed by atoms with Gasteiger partial charge in [0.05, 0.1) is 0 Å². The van der Waals surface area contributed by atoms with Crippen LogP contribution in [0.4, 0.5) is 0 Å². The minimum Gasteiger partial charge on any atom is -0.310 e. The molecule has 2 atom stereocenters. The van der Waals surface area contributed by atoms with Gasteiger partial charge in [0, 0.05) is 10.5 Å². The topological polar surface area (TPSA) is 12.0 Å². The molecule has 0 saturated carbocycles. The Hall–Kier alpha value is -0.340. The Bertz CT molecular complexity index is 364. The van der Waals surface area contributed by atoms with Gasteiger partial charge in [-0.1, -0.05) is 55.3 Å². The summed E-state index contributed by atoms with van der Waals surface area (Å²) in [7, 11) is 0. The van der Waals surface area contributed by atoms with Crippen molar-refractivity contribution in [2.24, 2.45) is 5.92 Å². The molecule has 0 saturated heterocycles. The first-order chi connectivity index (χ1) is 8.51. The van der Waals surface area contributed by atoms with Gasteiger partial charge in [-0.2, -0.15) is 0 Å². The molecule has 2 unspecified atom stereocenters. The van der Waals surface area contributed by atoms with Crippen molar-refractivity contribution < 1.29 is 0 Å². The molecule has 1 aromatic rings. The lowest BCUT2D eigenvalue weighted by Crippen LogP contribution is -2.27. The molecule has 0 aliphatic rings. The zero-order chi connectivity index (χ0) is 13.7. The molecule has 1 N–H and O–H groups in total. The van der Waals surface area contributed by atoms with Gasteiger partial charge in [0.2, 0.25) is 0 Å². The van der Waals surface area contributed by atoms with E-state index in [1.165, 1.54) is 34.0 Å². The van der Waals surface area contributed by atoms with Crippen LogP contribution in [0.2, 0.25) is 0 Å². The number of nitrogens with one attached hydrogen (secondary N) is 1. The lowest BCUT2D eigenvalue weighted by Gasteiger charge is -2.26. The van der Waals surface area contributed by atoms with E-state index in [9.17, 15) is 0 Å². The van der Waals surface area contributed by atoms with Gasteiger partial charge in [-0.05, 0) is 49.4 Å². The predicted molar refractivity (Wildman–Crippen MR) is 84.1 cm³/mol. The van der Waals surface area contributed by atoms with Crippen molar-refractivity contribution in [3.05, 3.63) is 33.3 Å². The minimum absolute atomic E-state index is 0.473. The number of hydrogen-bond acceptors (Lipinski definition) is 1. The van der Waals surface area contributed by atoms with Crippen molar-refractivity contribution in [2.75, 3.05) is 6.54 Å². The molecule has 0 fully saturated rings. The zero-order valence-corrected chi connectivity index (χ0v) is 13.9. The first-order valence-corrected chi connectivity index (χ1v) is 7.80. The van der Waals surface area contributed by atoms with E-state index in [1.54, 1.807) is 0 Å². The third kappa shape index (κ3) is 3.83. The average molecular weight is 312 g/mol. The Labute approximate surface area is 120 Å². The molecule has 0 heterocycles. The van der Waals surface area contributed by atoms with Crippen molar-refractivity contribution in [3.63, 3.8) is 0 Å². The fourth-order valence-corrected chi connectivity index (χ4v) is 2.88. The second-order valence-electron chi connectivity index (χ2n) is 5.27. The van der Waals surface area contributed by atoms with E-state index in [0.29, 0.717) is 12.0 Å². The molecule has 102 valence electrons. The summed E-state index contributed by atoms with van der Waals surface area (Å²) in [6.07, 6.45) is 2.52. The maximum absolute atomic E-state index is 3.65. The van der Waals surface area contributed by atoms with Crippen LogP contribution in [0.5, 0.6) is 0 Å². The summed E-state index contributed by atoms with van der Waals surface area (Å²) in [5.41, 5.74) is 4.09. The molecule has 0 radical (unpaired) electrons. The largest absolute Gasteiger partial charge is 0.310 e. The molecule has 1 nitrogen and oxygen atoms in total. The fraction of sp³-hybridized carbons (Fsp3) is 0.625. The van der Waals surface area contributed by atoms with Crippen LogP contribution in [0.25, 0.3) is 0 Å². The van der Waals surface area contributed by atoms with Crippen molar-refractivity contribution in [3.8, 4) is 0 Å². The van der Waals surface area contributed by atoms with Gasteiger partial charge in [-0.25, -0.2) is 0 Å². The third-order valence-corrected chi connectivity index (χ3v) is 4.81. The van der Waals surface area contributed by atoms with Gasteiger partial charge in [0.1, 0.15) is 0 Å².